The van der Waals surface area contributed by atoms with E-state index in [1.807, 2.05) is 0 Å². The van der Waals surface area contributed by atoms with Crippen LogP contribution in [0.4, 0.5) is 5.82 Å². The Morgan fingerprint density at radius 1 is 1.20 bits per heavy atom. The van der Waals surface area contributed by atoms with Gasteiger partial charge in [0.1, 0.15) is 16.6 Å². The lowest BCUT2D eigenvalue weighted by atomic mass is 10.2. The maximum absolute atomic E-state index is 9.12. The second-order valence-corrected chi connectivity index (χ2v) is 3.38. The van der Waals surface area contributed by atoms with Crippen molar-refractivity contribution in [2.24, 2.45) is 0 Å². The molecule has 0 unspecified atom stereocenters. The molecule has 1 heterocycles. The molecule has 4 nitrogen and oxygen atoms in total. The van der Waals surface area contributed by atoms with Crippen molar-refractivity contribution in [1.82, 2.24) is 9.97 Å². The first-order valence-electron chi connectivity index (χ1n) is 4.24. The van der Waals surface area contributed by atoms with Crippen molar-refractivity contribution in [3.05, 3.63) is 35.5 Å². The lowest BCUT2D eigenvalue weighted by molar-refractivity contribution is 0.475. The Hall–Kier alpha value is -1.81. The number of rotatable bonds is 1. The molecule has 0 spiro atoms. The molecule has 1 aromatic heterocycles. The van der Waals surface area contributed by atoms with E-state index in [0.29, 0.717) is 10.8 Å². The van der Waals surface area contributed by atoms with E-state index >= 15 is 0 Å². The summed E-state index contributed by atoms with van der Waals surface area (Å²) in [5.41, 5.74) is 6.33. The summed E-state index contributed by atoms with van der Waals surface area (Å²) in [6.07, 6.45) is 1.45. The molecule has 3 N–H and O–H groups in total. The molecule has 5 heteroatoms. The highest BCUT2D eigenvalue weighted by molar-refractivity contribution is 6.32. The van der Waals surface area contributed by atoms with E-state index in [0.717, 1.165) is 5.56 Å². The predicted molar refractivity (Wildman–Crippen MR) is 58.6 cm³/mol. The number of hydrogen-bond acceptors (Lipinski definition) is 4. The predicted octanol–water partition coefficient (Wildman–Crippen LogP) is 2.08. The first kappa shape index (κ1) is 9.73. The van der Waals surface area contributed by atoms with Gasteiger partial charge in [-0.15, -0.1) is 0 Å². The normalized spacial score (nSPS) is 10.2. The molecule has 0 radical (unpaired) electrons. The fraction of sp³-hybridized carbons (Fsp3) is 0. The number of hydrogen-bond donors (Lipinski definition) is 2. The van der Waals surface area contributed by atoms with Crippen LogP contribution in [-0.4, -0.2) is 15.1 Å². The highest BCUT2D eigenvalue weighted by Crippen LogP contribution is 2.21. The molecular formula is C10H8ClN3O. The zero-order chi connectivity index (χ0) is 10.8. The third-order valence-electron chi connectivity index (χ3n) is 1.90. The molecule has 0 bridgehead atoms. The van der Waals surface area contributed by atoms with Crippen LogP contribution in [0.15, 0.2) is 30.5 Å². The molecule has 0 aliphatic rings. The Kier molecular flexibility index (Phi) is 2.43. The summed E-state index contributed by atoms with van der Waals surface area (Å²) in [5.74, 6) is 0.923. The van der Waals surface area contributed by atoms with Crippen molar-refractivity contribution in [2.75, 3.05) is 5.73 Å². The topological polar surface area (TPSA) is 72.0 Å². The van der Waals surface area contributed by atoms with Crippen LogP contribution in [0.1, 0.15) is 0 Å². The van der Waals surface area contributed by atoms with E-state index in [2.05, 4.69) is 9.97 Å². The Labute approximate surface area is 91.4 Å². The zero-order valence-corrected chi connectivity index (χ0v) is 8.44. The van der Waals surface area contributed by atoms with Gasteiger partial charge in [0, 0.05) is 5.56 Å². The number of phenols is 1. The molecular weight excluding hydrogens is 214 g/mol. The second kappa shape index (κ2) is 3.74. The summed E-state index contributed by atoms with van der Waals surface area (Å²) >= 11 is 5.70. The monoisotopic (exact) mass is 221 g/mol. The van der Waals surface area contributed by atoms with Crippen LogP contribution in [0.25, 0.3) is 11.4 Å². The van der Waals surface area contributed by atoms with Gasteiger partial charge in [0.15, 0.2) is 5.82 Å². The third-order valence-corrected chi connectivity index (χ3v) is 2.19. The molecule has 0 saturated carbocycles. The van der Waals surface area contributed by atoms with Crippen LogP contribution in [0.5, 0.6) is 5.75 Å². The molecule has 0 fully saturated rings. The maximum atomic E-state index is 9.12. The number of phenolic OH excluding ortho intramolecular Hbond substituents is 1. The van der Waals surface area contributed by atoms with E-state index in [1.165, 1.54) is 6.20 Å². The first-order valence-corrected chi connectivity index (χ1v) is 4.62. The number of aromatic hydroxyl groups is 1. The summed E-state index contributed by atoms with van der Waals surface area (Å²) in [5, 5.41) is 9.45. The average molecular weight is 222 g/mol. The van der Waals surface area contributed by atoms with Crippen LogP contribution in [-0.2, 0) is 0 Å². The van der Waals surface area contributed by atoms with Crippen LogP contribution >= 0.6 is 11.6 Å². The van der Waals surface area contributed by atoms with Gasteiger partial charge in [0.05, 0.1) is 6.20 Å². The van der Waals surface area contributed by atoms with Crippen LogP contribution in [0.3, 0.4) is 0 Å². The number of nitrogens with two attached hydrogens (primary N) is 1. The largest absolute Gasteiger partial charge is 0.508 e. The lowest BCUT2D eigenvalue weighted by Gasteiger charge is -2.02. The van der Waals surface area contributed by atoms with Crippen molar-refractivity contribution in [3.63, 3.8) is 0 Å². The fourth-order valence-electron chi connectivity index (χ4n) is 1.13. The number of benzene rings is 1. The van der Waals surface area contributed by atoms with Gasteiger partial charge in [-0.2, -0.15) is 0 Å². The molecule has 1 aromatic carbocycles. The van der Waals surface area contributed by atoms with E-state index in [1.54, 1.807) is 24.3 Å². The molecule has 76 valence electrons. The van der Waals surface area contributed by atoms with Gasteiger partial charge in [0.25, 0.3) is 0 Å². The smallest absolute Gasteiger partial charge is 0.161 e. The van der Waals surface area contributed by atoms with Crippen molar-refractivity contribution in [2.45, 2.75) is 0 Å². The van der Waals surface area contributed by atoms with E-state index < -0.39 is 0 Å². The van der Waals surface area contributed by atoms with E-state index in [4.69, 9.17) is 22.4 Å². The van der Waals surface area contributed by atoms with Crippen LogP contribution in [0, 0.1) is 0 Å². The molecule has 2 rings (SSSR count). The highest BCUT2D eigenvalue weighted by Gasteiger charge is 2.04. The summed E-state index contributed by atoms with van der Waals surface area (Å²) in [6, 6.07) is 6.53. The fourth-order valence-corrected chi connectivity index (χ4v) is 1.22. The summed E-state index contributed by atoms with van der Waals surface area (Å²) < 4.78 is 0. The van der Waals surface area contributed by atoms with Gasteiger partial charge < -0.3 is 10.8 Å². The molecule has 0 aliphatic heterocycles. The molecule has 0 atom stereocenters. The van der Waals surface area contributed by atoms with E-state index in [-0.39, 0.29) is 11.6 Å². The zero-order valence-electron chi connectivity index (χ0n) is 7.68. The number of nitrogens with zero attached hydrogens (tertiary/aromatic N) is 2. The standard InChI is InChI=1S/C10H8ClN3O/c11-8-5-13-10(14-9(8)12)6-1-3-7(15)4-2-6/h1-5,15H,(H2,12,13,14). The maximum Gasteiger partial charge on any atom is 0.161 e. The van der Waals surface area contributed by atoms with Crippen molar-refractivity contribution in [1.29, 1.82) is 0 Å². The lowest BCUT2D eigenvalue weighted by Crippen LogP contribution is -1.95. The van der Waals surface area contributed by atoms with Gasteiger partial charge in [-0.25, -0.2) is 9.97 Å². The minimum Gasteiger partial charge on any atom is -0.508 e. The Morgan fingerprint density at radius 3 is 2.47 bits per heavy atom. The SMILES string of the molecule is Nc1nc(-c2ccc(O)cc2)ncc1Cl. The highest BCUT2D eigenvalue weighted by atomic mass is 35.5. The second-order valence-electron chi connectivity index (χ2n) is 2.97. The Balaban J connectivity index is 2.45. The molecule has 15 heavy (non-hydrogen) atoms. The number of halogens is 1. The summed E-state index contributed by atoms with van der Waals surface area (Å²) in [6.45, 7) is 0. The van der Waals surface area contributed by atoms with Crippen molar-refractivity contribution in [3.8, 4) is 17.1 Å². The Morgan fingerprint density at radius 2 is 1.87 bits per heavy atom. The molecule has 0 amide bonds. The quantitative estimate of drug-likeness (QED) is 0.774. The minimum absolute atomic E-state index is 0.195. The number of aromatic nitrogens is 2. The van der Waals surface area contributed by atoms with Gasteiger partial charge in [-0.1, -0.05) is 11.6 Å². The summed E-state index contributed by atoms with van der Waals surface area (Å²) in [7, 11) is 0. The van der Waals surface area contributed by atoms with Crippen LogP contribution in [0.2, 0.25) is 5.02 Å². The third kappa shape index (κ3) is 1.99. The summed E-state index contributed by atoms with van der Waals surface area (Å²) in [4.78, 5) is 8.06. The number of anilines is 1. The van der Waals surface area contributed by atoms with Gasteiger partial charge in [0.2, 0.25) is 0 Å². The molecule has 0 aliphatic carbocycles. The number of nitrogen functional groups attached to an aromatic ring is 1. The van der Waals surface area contributed by atoms with Gasteiger partial charge >= 0.3 is 0 Å². The van der Waals surface area contributed by atoms with Gasteiger partial charge in [-0.05, 0) is 24.3 Å². The Bertz CT molecular complexity index is 485. The van der Waals surface area contributed by atoms with Crippen LogP contribution < -0.4 is 5.73 Å². The minimum atomic E-state index is 0.195. The van der Waals surface area contributed by atoms with E-state index in [9.17, 15) is 0 Å². The average Bonchev–Trinajstić information content (AvgIpc) is 2.23. The van der Waals surface area contributed by atoms with Crippen molar-refractivity contribution >= 4 is 17.4 Å². The van der Waals surface area contributed by atoms with Gasteiger partial charge in [-0.3, -0.25) is 0 Å². The molecule has 2 aromatic rings. The van der Waals surface area contributed by atoms with Crippen molar-refractivity contribution < 1.29 is 5.11 Å². The molecule has 0 saturated heterocycles. The first-order chi connectivity index (χ1) is 7.16.